The van der Waals surface area contributed by atoms with Crippen molar-refractivity contribution in [2.24, 2.45) is 23.7 Å². The van der Waals surface area contributed by atoms with Gasteiger partial charge in [-0.3, -0.25) is 4.79 Å². The Bertz CT molecular complexity index is 1410. The van der Waals surface area contributed by atoms with Crippen LogP contribution in [0.5, 0.6) is 5.75 Å². The largest absolute Gasteiger partial charge is 0.487 e. The molecule has 1 fully saturated rings. The van der Waals surface area contributed by atoms with E-state index >= 15 is 0 Å². The first-order chi connectivity index (χ1) is 20.2. The molecule has 0 spiro atoms. The van der Waals surface area contributed by atoms with Crippen molar-refractivity contribution in [3.63, 3.8) is 0 Å². The number of aryl methyl sites for hydroxylation is 1. The molecule has 1 aliphatic carbocycles. The summed E-state index contributed by atoms with van der Waals surface area (Å²) < 4.78 is 41.1. The van der Waals surface area contributed by atoms with Crippen LogP contribution in [0, 0.1) is 23.7 Å². The van der Waals surface area contributed by atoms with Crippen molar-refractivity contribution in [3.8, 4) is 5.75 Å². The number of amides is 1. The zero-order chi connectivity index (χ0) is 29.9. The molecule has 2 bridgehead atoms. The number of halogens is 1. The minimum atomic E-state index is -4.16. The Balaban J connectivity index is 1.55. The van der Waals surface area contributed by atoms with Gasteiger partial charge in [0.25, 0.3) is 10.0 Å². The van der Waals surface area contributed by atoms with Gasteiger partial charge >= 0.3 is 0 Å². The van der Waals surface area contributed by atoms with E-state index in [1.807, 2.05) is 37.3 Å². The van der Waals surface area contributed by atoms with Crippen molar-refractivity contribution >= 4 is 33.2 Å². The fourth-order valence-electron chi connectivity index (χ4n) is 6.32. The number of benzene rings is 2. The molecule has 3 aliphatic rings. The molecule has 228 valence electrons. The van der Waals surface area contributed by atoms with E-state index in [1.54, 1.807) is 12.1 Å². The number of carbonyl (C=O) groups is 1. The molecule has 1 saturated carbocycles. The molecule has 2 heterocycles. The second kappa shape index (κ2) is 13.4. The second-order valence-electron chi connectivity index (χ2n) is 11.9. The van der Waals surface area contributed by atoms with Crippen LogP contribution in [0.3, 0.4) is 0 Å². The Morgan fingerprint density at radius 1 is 1.14 bits per heavy atom. The predicted octanol–water partition coefficient (Wildman–Crippen LogP) is 5.11. The number of allylic oxidation sites excluding steroid dienone is 1. The molecule has 5 rings (SSSR count). The zero-order valence-corrected chi connectivity index (χ0v) is 25.9. The van der Waals surface area contributed by atoms with Crippen LogP contribution in [0.2, 0.25) is 5.02 Å². The summed E-state index contributed by atoms with van der Waals surface area (Å²) in [6, 6.07) is 10.6. The Kier molecular flexibility index (Phi) is 9.82. The van der Waals surface area contributed by atoms with E-state index in [0.29, 0.717) is 42.6 Å². The summed E-state index contributed by atoms with van der Waals surface area (Å²) in [6.07, 6.45) is 8.30. The predicted molar refractivity (Wildman–Crippen MR) is 163 cm³/mol. The number of aliphatic hydroxyl groups is 1. The van der Waals surface area contributed by atoms with Crippen molar-refractivity contribution in [3.05, 3.63) is 64.7 Å². The number of ether oxygens (including phenoxy) is 2. The van der Waals surface area contributed by atoms with Gasteiger partial charge in [-0.1, -0.05) is 36.7 Å². The van der Waals surface area contributed by atoms with Gasteiger partial charge < -0.3 is 19.5 Å². The van der Waals surface area contributed by atoms with Crippen LogP contribution in [0.25, 0.3) is 0 Å². The molecule has 42 heavy (non-hydrogen) atoms. The lowest BCUT2D eigenvalue weighted by Crippen LogP contribution is -2.43. The van der Waals surface area contributed by atoms with Crippen molar-refractivity contribution in [1.29, 1.82) is 0 Å². The second-order valence-corrected chi connectivity index (χ2v) is 14.0. The number of anilines is 1. The third kappa shape index (κ3) is 6.96. The minimum Gasteiger partial charge on any atom is -0.487 e. The van der Waals surface area contributed by atoms with Crippen LogP contribution < -0.4 is 14.4 Å². The molecule has 1 amide bonds. The van der Waals surface area contributed by atoms with E-state index in [0.717, 1.165) is 43.2 Å². The molecule has 10 heteroatoms. The van der Waals surface area contributed by atoms with Gasteiger partial charge in [0.05, 0.1) is 29.2 Å². The highest BCUT2D eigenvalue weighted by Crippen LogP contribution is 2.41. The molecule has 2 N–H and O–H groups in total. The number of aliphatic hydroxyl groups excluding tert-OH is 1. The molecule has 0 aromatic heterocycles. The Morgan fingerprint density at radius 3 is 2.74 bits per heavy atom. The number of fused-ring (bicyclic) bond motifs is 3. The molecule has 2 aliphatic heterocycles. The van der Waals surface area contributed by atoms with Gasteiger partial charge in [-0.25, -0.2) is 13.1 Å². The molecule has 8 nitrogen and oxygen atoms in total. The maximum Gasteiger partial charge on any atom is 0.264 e. The highest BCUT2D eigenvalue weighted by atomic mass is 35.5. The first-order valence-corrected chi connectivity index (χ1v) is 16.7. The Morgan fingerprint density at radius 2 is 1.98 bits per heavy atom. The van der Waals surface area contributed by atoms with Crippen LogP contribution in [-0.2, 0) is 32.6 Å². The standard InChI is InChI=1S/C32H41ClN2O6S/c1-21-6-5-8-30(36)27-13-10-23(27)18-35-15-4-3-7-22-16-25(33)11-9-24(22)19-41-31-14-12-26(17-29(31)35)42(38,39)34-32(37)28(21)20-40-2/h5,8-9,11-12,14,16-17,21,23,27-28,30,36H,3-4,6-7,10,13,15,18-20H2,1-2H3,(H,34,37)/b8-5+/t21-,23-,27+,28+,30+/m0/s1. The smallest absolute Gasteiger partial charge is 0.264 e. The van der Waals surface area contributed by atoms with Gasteiger partial charge in [-0.05, 0) is 97.7 Å². The number of carbonyl (C=O) groups excluding carboxylic acids is 1. The third-order valence-electron chi connectivity index (χ3n) is 9.07. The van der Waals surface area contributed by atoms with E-state index in [2.05, 4.69) is 9.62 Å². The molecular weight excluding hydrogens is 576 g/mol. The SMILES string of the molecule is COC[C@H]1C(=O)NS(=O)(=O)c2ccc3c(c2)N(CCCCc2cc(Cl)ccc2CO3)C[C@@H]2CC[C@H]2[C@H](O)/C=C/C[C@@H]1C. The Hall–Kier alpha value is -2.59. The maximum atomic E-state index is 13.6. The number of hydrogen-bond donors (Lipinski definition) is 2. The number of hydrogen-bond acceptors (Lipinski definition) is 7. The van der Waals surface area contributed by atoms with E-state index in [4.69, 9.17) is 21.1 Å². The molecule has 2 aromatic carbocycles. The number of nitrogens with one attached hydrogen (secondary N) is 1. The number of methoxy groups -OCH3 is 1. The van der Waals surface area contributed by atoms with Gasteiger partial charge in [-0.15, -0.1) is 0 Å². The molecule has 0 unspecified atom stereocenters. The van der Waals surface area contributed by atoms with Crippen molar-refractivity contribution < 1.29 is 27.8 Å². The van der Waals surface area contributed by atoms with Crippen LogP contribution in [0.4, 0.5) is 5.69 Å². The summed E-state index contributed by atoms with van der Waals surface area (Å²) in [5.74, 6) is -0.531. The van der Waals surface area contributed by atoms with E-state index in [-0.39, 0.29) is 29.3 Å². The van der Waals surface area contributed by atoms with Crippen LogP contribution in [0.15, 0.2) is 53.4 Å². The number of nitrogens with zero attached hydrogens (tertiary/aromatic N) is 1. The first kappa shape index (κ1) is 30.9. The fourth-order valence-corrected chi connectivity index (χ4v) is 7.57. The molecule has 2 aromatic rings. The number of sulfonamides is 1. The Labute approximate surface area is 254 Å². The van der Waals surface area contributed by atoms with Gasteiger partial charge in [0.2, 0.25) is 5.91 Å². The molecule has 0 saturated heterocycles. The lowest BCUT2D eigenvalue weighted by molar-refractivity contribution is -0.126. The quantitative estimate of drug-likeness (QED) is 0.452. The van der Waals surface area contributed by atoms with Crippen LogP contribution >= 0.6 is 11.6 Å². The van der Waals surface area contributed by atoms with Crippen LogP contribution in [0.1, 0.15) is 50.2 Å². The summed E-state index contributed by atoms with van der Waals surface area (Å²) in [5.41, 5.74) is 2.87. The average Bonchev–Trinajstić information content (AvgIpc) is 2.96. The monoisotopic (exact) mass is 616 g/mol. The van der Waals surface area contributed by atoms with Gasteiger partial charge in [0.15, 0.2) is 0 Å². The molecule has 5 atom stereocenters. The maximum absolute atomic E-state index is 13.6. The lowest BCUT2D eigenvalue weighted by atomic mass is 9.70. The fraction of sp³-hybridized carbons (Fsp3) is 0.531. The summed E-state index contributed by atoms with van der Waals surface area (Å²) in [6.45, 7) is 3.67. The lowest BCUT2D eigenvalue weighted by Gasteiger charge is -2.42. The minimum absolute atomic E-state index is 0.00579. The van der Waals surface area contributed by atoms with Gasteiger partial charge in [0, 0.05) is 25.2 Å². The summed E-state index contributed by atoms with van der Waals surface area (Å²) in [5, 5.41) is 11.8. The van der Waals surface area contributed by atoms with E-state index in [1.165, 1.54) is 13.2 Å². The van der Waals surface area contributed by atoms with Crippen molar-refractivity contribution in [1.82, 2.24) is 4.72 Å². The van der Waals surface area contributed by atoms with Crippen molar-refractivity contribution in [2.45, 2.75) is 63.1 Å². The zero-order valence-electron chi connectivity index (χ0n) is 24.3. The third-order valence-corrected chi connectivity index (χ3v) is 10.7. The first-order valence-electron chi connectivity index (χ1n) is 14.9. The molecular formula is C32H41ClN2O6S. The summed E-state index contributed by atoms with van der Waals surface area (Å²) in [4.78, 5) is 15.5. The van der Waals surface area contributed by atoms with Crippen LogP contribution in [-0.4, -0.2) is 52.3 Å². The van der Waals surface area contributed by atoms with E-state index < -0.39 is 28.0 Å². The summed E-state index contributed by atoms with van der Waals surface area (Å²) in [7, 11) is -2.67. The highest BCUT2D eigenvalue weighted by Gasteiger charge is 2.37. The van der Waals surface area contributed by atoms with Crippen molar-refractivity contribution in [2.75, 3.05) is 31.7 Å². The normalized spacial score (nSPS) is 29.0. The summed E-state index contributed by atoms with van der Waals surface area (Å²) >= 11 is 6.30. The van der Waals surface area contributed by atoms with Gasteiger partial charge in [-0.2, -0.15) is 0 Å². The number of rotatable bonds is 2. The van der Waals surface area contributed by atoms with Gasteiger partial charge in [0.1, 0.15) is 12.4 Å². The average molecular weight is 617 g/mol. The highest BCUT2D eigenvalue weighted by molar-refractivity contribution is 7.90. The molecule has 0 radical (unpaired) electrons. The van der Waals surface area contributed by atoms with E-state index in [9.17, 15) is 18.3 Å². The topological polar surface area (TPSA) is 105 Å².